The molecule has 1 amide bonds. The Hall–Kier alpha value is -1.49. The van der Waals surface area contributed by atoms with Gasteiger partial charge in [0, 0.05) is 25.2 Å². The zero-order chi connectivity index (χ0) is 14.5. The highest BCUT2D eigenvalue weighted by Crippen LogP contribution is 2.15. The summed E-state index contributed by atoms with van der Waals surface area (Å²) in [5.74, 6) is -1.36. The van der Waals surface area contributed by atoms with Crippen molar-refractivity contribution in [1.29, 1.82) is 0 Å². The molecule has 0 unspecified atom stereocenters. The molecule has 110 valence electrons. The van der Waals surface area contributed by atoms with Crippen LogP contribution in [0.1, 0.15) is 25.3 Å². The van der Waals surface area contributed by atoms with Gasteiger partial charge in [0.2, 0.25) is 5.91 Å². The molecule has 1 saturated heterocycles. The van der Waals surface area contributed by atoms with E-state index in [0.29, 0.717) is 19.1 Å². The lowest BCUT2D eigenvalue weighted by Gasteiger charge is -2.32. The molecule has 1 aliphatic rings. The molecular formula is C15H20F2N2O. The van der Waals surface area contributed by atoms with Crippen LogP contribution >= 0.6 is 0 Å². The van der Waals surface area contributed by atoms with Crippen LogP contribution in [0.25, 0.3) is 0 Å². The number of nitrogens with one attached hydrogen (secondary N) is 1. The minimum atomic E-state index is -0.652. The number of halogens is 2. The molecular weight excluding hydrogens is 262 g/mol. The molecule has 0 atom stereocenters. The van der Waals surface area contributed by atoms with Gasteiger partial charge in [-0.15, -0.1) is 0 Å². The van der Waals surface area contributed by atoms with E-state index in [1.807, 2.05) is 0 Å². The third kappa shape index (κ3) is 3.76. The standard InChI is InChI=1S/C15H20F2N2O/c1-2-18-13-5-7-19(8-6-13)15(20)9-11-3-4-12(16)10-14(11)17/h3-4,10,13,18H,2,5-9H2,1H3. The Kier molecular flexibility index (Phi) is 5.06. The van der Waals surface area contributed by atoms with Gasteiger partial charge in [-0.3, -0.25) is 4.79 Å². The first-order chi connectivity index (χ1) is 9.60. The predicted octanol–water partition coefficient (Wildman–Crippen LogP) is 2.11. The molecule has 1 heterocycles. The summed E-state index contributed by atoms with van der Waals surface area (Å²) in [6.07, 6.45) is 1.84. The fraction of sp³-hybridized carbons (Fsp3) is 0.533. The number of benzene rings is 1. The van der Waals surface area contributed by atoms with Crippen LogP contribution in [0.3, 0.4) is 0 Å². The normalized spacial score (nSPS) is 16.4. The Balaban J connectivity index is 1.89. The Morgan fingerprint density at radius 1 is 1.35 bits per heavy atom. The second-order valence-corrected chi connectivity index (χ2v) is 5.13. The topological polar surface area (TPSA) is 32.3 Å². The van der Waals surface area contributed by atoms with Crippen molar-refractivity contribution in [3.05, 3.63) is 35.4 Å². The number of piperidine rings is 1. The van der Waals surface area contributed by atoms with Crippen molar-refractivity contribution < 1.29 is 13.6 Å². The summed E-state index contributed by atoms with van der Waals surface area (Å²) in [7, 11) is 0. The minimum Gasteiger partial charge on any atom is -0.342 e. The van der Waals surface area contributed by atoms with E-state index in [2.05, 4.69) is 12.2 Å². The third-order valence-corrected chi connectivity index (χ3v) is 3.70. The maximum atomic E-state index is 13.5. The Bertz CT molecular complexity index is 471. The van der Waals surface area contributed by atoms with E-state index in [0.717, 1.165) is 25.5 Å². The number of likely N-dealkylation sites (tertiary alicyclic amines) is 1. The zero-order valence-corrected chi connectivity index (χ0v) is 11.7. The number of amides is 1. The van der Waals surface area contributed by atoms with Crippen LogP contribution in [0.15, 0.2) is 18.2 Å². The van der Waals surface area contributed by atoms with Crippen LogP contribution in [0.4, 0.5) is 8.78 Å². The second-order valence-electron chi connectivity index (χ2n) is 5.13. The van der Waals surface area contributed by atoms with E-state index >= 15 is 0 Å². The van der Waals surface area contributed by atoms with E-state index in [1.165, 1.54) is 12.1 Å². The monoisotopic (exact) mass is 282 g/mol. The molecule has 1 aromatic carbocycles. The molecule has 0 bridgehead atoms. The van der Waals surface area contributed by atoms with Gasteiger partial charge in [0.25, 0.3) is 0 Å². The number of carbonyl (C=O) groups excluding carboxylic acids is 1. The molecule has 1 fully saturated rings. The quantitative estimate of drug-likeness (QED) is 0.917. The molecule has 0 aromatic heterocycles. The number of carbonyl (C=O) groups is 1. The Labute approximate surface area is 118 Å². The van der Waals surface area contributed by atoms with E-state index in [9.17, 15) is 13.6 Å². The average molecular weight is 282 g/mol. The van der Waals surface area contributed by atoms with Gasteiger partial charge in [0.15, 0.2) is 0 Å². The molecule has 3 nitrogen and oxygen atoms in total. The smallest absolute Gasteiger partial charge is 0.227 e. The number of hydrogen-bond donors (Lipinski definition) is 1. The molecule has 0 spiro atoms. The summed E-state index contributed by atoms with van der Waals surface area (Å²) >= 11 is 0. The van der Waals surface area contributed by atoms with Crippen molar-refractivity contribution in [2.75, 3.05) is 19.6 Å². The third-order valence-electron chi connectivity index (χ3n) is 3.70. The lowest BCUT2D eigenvalue weighted by Crippen LogP contribution is -2.45. The summed E-state index contributed by atoms with van der Waals surface area (Å²) in [4.78, 5) is 13.9. The summed E-state index contributed by atoms with van der Waals surface area (Å²) in [6.45, 7) is 4.38. The first kappa shape index (κ1) is 14.9. The fourth-order valence-electron chi connectivity index (χ4n) is 2.56. The summed E-state index contributed by atoms with van der Waals surface area (Å²) in [6, 6.07) is 3.81. The van der Waals surface area contributed by atoms with Crippen molar-refractivity contribution in [1.82, 2.24) is 10.2 Å². The summed E-state index contributed by atoms with van der Waals surface area (Å²) in [5.41, 5.74) is 0.255. The van der Waals surface area contributed by atoms with Crippen molar-refractivity contribution in [3.8, 4) is 0 Å². The van der Waals surface area contributed by atoms with E-state index in [-0.39, 0.29) is 17.9 Å². The molecule has 2 rings (SSSR count). The fourth-order valence-corrected chi connectivity index (χ4v) is 2.56. The molecule has 1 N–H and O–H groups in total. The van der Waals surface area contributed by atoms with Crippen LogP contribution in [0, 0.1) is 11.6 Å². The second kappa shape index (κ2) is 6.79. The maximum absolute atomic E-state index is 13.5. The lowest BCUT2D eigenvalue weighted by molar-refractivity contribution is -0.131. The SMILES string of the molecule is CCNC1CCN(C(=O)Cc2ccc(F)cc2F)CC1. The number of hydrogen-bond acceptors (Lipinski definition) is 2. The van der Waals surface area contributed by atoms with Gasteiger partial charge >= 0.3 is 0 Å². The number of rotatable bonds is 4. The Morgan fingerprint density at radius 3 is 2.65 bits per heavy atom. The maximum Gasteiger partial charge on any atom is 0.227 e. The van der Waals surface area contributed by atoms with Crippen LogP contribution in [-0.2, 0) is 11.2 Å². The highest BCUT2D eigenvalue weighted by Gasteiger charge is 2.22. The van der Waals surface area contributed by atoms with E-state index < -0.39 is 11.6 Å². The highest BCUT2D eigenvalue weighted by atomic mass is 19.1. The lowest BCUT2D eigenvalue weighted by atomic mass is 10.0. The number of nitrogens with zero attached hydrogens (tertiary/aromatic N) is 1. The van der Waals surface area contributed by atoms with Crippen LogP contribution in [0.5, 0.6) is 0 Å². The molecule has 1 aromatic rings. The van der Waals surface area contributed by atoms with Crippen molar-refractivity contribution in [2.24, 2.45) is 0 Å². The molecule has 5 heteroatoms. The highest BCUT2D eigenvalue weighted by molar-refractivity contribution is 5.78. The van der Waals surface area contributed by atoms with E-state index in [1.54, 1.807) is 4.90 Å². The molecule has 0 aliphatic carbocycles. The molecule has 20 heavy (non-hydrogen) atoms. The average Bonchev–Trinajstić information content (AvgIpc) is 2.43. The van der Waals surface area contributed by atoms with Crippen molar-refractivity contribution in [3.63, 3.8) is 0 Å². The van der Waals surface area contributed by atoms with Gasteiger partial charge in [0.1, 0.15) is 11.6 Å². The van der Waals surface area contributed by atoms with Gasteiger partial charge in [-0.1, -0.05) is 13.0 Å². The van der Waals surface area contributed by atoms with Crippen LogP contribution in [-0.4, -0.2) is 36.5 Å². The molecule has 0 radical (unpaired) electrons. The largest absolute Gasteiger partial charge is 0.342 e. The Morgan fingerprint density at radius 2 is 2.05 bits per heavy atom. The summed E-state index contributed by atoms with van der Waals surface area (Å²) < 4.78 is 26.3. The predicted molar refractivity (Wildman–Crippen MR) is 73.3 cm³/mol. The van der Waals surface area contributed by atoms with Gasteiger partial charge in [0.05, 0.1) is 6.42 Å². The van der Waals surface area contributed by atoms with Crippen LogP contribution < -0.4 is 5.32 Å². The van der Waals surface area contributed by atoms with Gasteiger partial charge in [-0.05, 0) is 31.0 Å². The molecule has 1 aliphatic heterocycles. The van der Waals surface area contributed by atoms with Gasteiger partial charge < -0.3 is 10.2 Å². The van der Waals surface area contributed by atoms with E-state index in [4.69, 9.17) is 0 Å². The zero-order valence-electron chi connectivity index (χ0n) is 11.7. The van der Waals surface area contributed by atoms with Gasteiger partial charge in [-0.25, -0.2) is 8.78 Å². The van der Waals surface area contributed by atoms with Crippen LogP contribution in [0.2, 0.25) is 0 Å². The minimum absolute atomic E-state index is 0.00200. The first-order valence-corrected chi connectivity index (χ1v) is 7.05. The van der Waals surface area contributed by atoms with Gasteiger partial charge in [-0.2, -0.15) is 0 Å². The first-order valence-electron chi connectivity index (χ1n) is 7.05. The van der Waals surface area contributed by atoms with Crippen molar-refractivity contribution >= 4 is 5.91 Å². The summed E-state index contributed by atoms with van der Waals surface area (Å²) in [5, 5.41) is 3.37. The van der Waals surface area contributed by atoms with Crippen molar-refractivity contribution in [2.45, 2.75) is 32.2 Å². The molecule has 0 saturated carbocycles.